The van der Waals surface area contributed by atoms with Crippen molar-refractivity contribution in [2.75, 3.05) is 14.2 Å². The second-order valence-corrected chi connectivity index (χ2v) is 6.51. The lowest BCUT2D eigenvalue weighted by Crippen LogP contribution is -2.47. The van der Waals surface area contributed by atoms with Crippen LogP contribution in [0.3, 0.4) is 0 Å². The van der Waals surface area contributed by atoms with E-state index >= 15 is 0 Å². The number of rotatable bonds is 6. The molecule has 1 atom stereocenters. The van der Waals surface area contributed by atoms with Gasteiger partial charge in [0.25, 0.3) is 5.91 Å². The summed E-state index contributed by atoms with van der Waals surface area (Å²) in [7, 11) is 3.26. The Kier molecular flexibility index (Phi) is 5.62. The molecule has 0 unspecified atom stereocenters. The number of carbonyl (C=O) groups excluding carboxylic acids is 2. The van der Waals surface area contributed by atoms with E-state index in [0.717, 1.165) is 0 Å². The predicted molar refractivity (Wildman–Crippen MR) is 102 cm³/mol. The van der Waals surface area contributed by atoms with E-state index in [2.05, 4.69) is 20.8 Å². The number of para-hydroxylation sites is 1. The fourth-order valence-electron chi connectivity index (χ4n) is 3.27. The monoisotopic (exact) mass is 384 g/mol. The molecule has 2 aromatic rings. The lowest BCUT2D eigenvalue weighted by Gasteiger charge is -2.31. The summed E-state index contributed by atoms with van der Waals surface area (Å²) in [5, 5.41) is 13.5. The van der Waals surface area contributed by atoms with Crippen molar-refractivity contribution in [1.29, 1.82) is 0 Å². The van der Waals surface area contributed by atoms with Crippen LogP contribution in [0.1, 0.15) is 31.3 Å². The number of urea groups is 1. The van der Waals surface area contributed by atoms with Crippen molar-refractivity contribution in [2.24, 2.45) is 0 Å². The molecule has 0 radical (unpaired) electrons. The van der Waals surface area contributed by atoms with E-state index in [9.17, 15) is 9.59 Å². The molecule has 0 bridgehead atoms. The van der Waals surface area contributed by atoms with Crippen LogP contribution in [-0.4, -0.2) is 45.8 Å². The fourth-order valence-corrected chi connectivity index (χ4v) is 3.27. The normalized spacial score (nSPS) is 16.4. The van der Waals surface area contributed by atoms with Gasteiger partial charge in [-0.1, -0.05) is 18.2 Å². The molecule has 9 heteroatoms. The molecule has 1 aromatic heterocycles. The number of hydrogen-bond donors (Lipinski definition) is 2. The van der Waals surface area contributed by atoms with Crippen molar-refractivity contribution in [1.82, 2.24) is 30.3 Å². The molecular formula is C19H24N6O3. The van der Waals surface area contributed by atoms with Crippen LogP contribution in [-0.2, 0) is 17.9 Å². The Morgan fingerprint density at radius 2 is 2.11 bits per heavy atom. The van der Waals surface area contributed by atoms with Crippen molar-refractivity contribution >= 4 is 11.9 Å². The van der Waals surface area contributed by atoms with Gasteiger partial charge in [0.15, 0.2) is 5.82 Å². The molecule has 1 aromatic carbocycles. The summed E-state index contributed by atoms with van der Waals surface area (Å²) in [6.07, 6.45) is 1.64. The molecule has 1 aliphatic heterocycles. The van der Waals surface area contributed by atoms with E-state index in [4.69, 9.17) is 4.74 Å². The largest absolute Gasteiger partial charge is 0.496 e. The number of amides is 3. The third-order valence-electron chi connectivity index (χ3n) is 4.71. The van der Waals surface area contributed by atoms with Crippen molar-refractivity contribution < 1.29 is 14.3 Å². The molecule has 3 rings (SSSR count). The minimum atomic E-state index is -0.621. The van der Waals surface area contributed by atoms with Gasteiger partial charge in [-0.2, -0.15) is 0 Å². The lowest BCUT2D eigenvalue weighted by atomic mass is 9.93. The van der Waals surface area contributed by atoms with E-state index in [1.165, 1.54) is 0 Å². The smallest absolute Gasteiger partial charge is 0.319 e. The first-order valence-corrected chi connectivity index (χ1v) is 8.99. The Morgan fingerprint density at radius 1 is 1.36 bits per heavy atom. The van der Waals surface area contributed by atoms with Crippen LogP contribution in [0.2, 0.25) is 0 Å². The molecule has 0 saturated carbocycles. The SMILES string of the molecule is CCn1cnnc1CN(C)C(=O)C1=C(C)NC(=O)N[C@@H]1c1ccccc1OC. The van der Waals surface area contributed by atoms with Crippen LogP contribution < -0.4 is 15.4 Å². The van der Waals surface area contributed by atoms with Crippen molar-refractivity contribution in [3.05, 3.63) is 53.3 Å². The number of aryl methyl sites for hydroxylation is 1. The number of allylic oxidation sites excluding steroid dienone is 1. The first kappa shape index (κ1) is 19.4. The van der Waals surface area contributed by atoms with Gasteiger partial charge in [0, 0.05) is 24.9 Å². The summed E-state index contributed by atoms with van der Waals surface area (Å²) in [5.41, 5.74) is 1.68. The topological polar surface area (TPSA) is 101 Å². The minimum absolute atomic E-state index is 0.216. The van der Waals surface area contributed by atoms with Gasteiger partial charge in [0.2, 0.25) is 0 Å². The third-order valence-corrected chi connectivity index (χ3v) is 4.71. The van der Waals surface area contributed by atoms with Gasteiger partial charge in [-0.15, -0.1) is 10.2 Å². The zero-order valence-corrected chi connectivity index (χ0v) is 16.4. The summed E-state index contributed by atoms with van der Waals surface area (Å²) in [5.74, 6) is 1.07. The minimum Gasteiger partial charge on any atom is -0.496 e. The Labute approximate surface area is 163 Å². The standard InChI is InChI=1S/C19H24N6O3/c1-5-25-11-20-23-15(25)10-24(3)18(26)16-12(2)21-19(27)22-17(16)13-8-6-7-9-14(13)28-4/h6-9,11,17H,5,10H2,1-4H3,(H2,21,22,27)/t17-/m1/s1. The molecule has 2 heterocycles. The second-order valence-electron chi connectivity index (χ2n) is 6.51. The average molecular weight is 384 g/mol. The molecule has 148 valence electrons. The summed E-state index contributed by atoms with van der Waals surface area (Å²) >= 11 is 0. The number of nitrogens with one attached hydrogen (secondary N) is 2. The van der Waals surface area contributed by atoms with Crippen molar-refractivity contribution in [2.45, 2.75) is 33.0 Å². The van der Waals surface area contributed by atoms with Crippen molar-refractivity contribution in [3.63, 3.8) is 0 Å². The van der Waals surface area contributed by atoms with Gasteiger partial charge in [0.1, 0.15) is 12.1 Å². The van der Waals surface area contributed by atoms with E-state index in [-0.39, 0.29) is 11.9 Å². The highest BCUT2D eigenvalue weighted by Gasteiger charge is 2.34. The molecule has 0 spiro atoms. The van der Waals surface area contributed by atoms with Gasteiger partial charge < -0.3 is 24.8 Å². The summed E-state index contributed by atoms with van der Waals surface area (Å²) in [6, 6.07) is 6.34. The van der Waals surface area contributed by atoms with Gasteiger partial charge in [-0.05, 0) is 19.9 Å². The summed E-state index contributed by atoms with van der Waals surface area (Å²) in [4.78, 5) is 27.0. The number of ether oxygens (including phenoxy) is 1. The van der Waals surface area contributed by atoms with Crippen LogP contribution in [0, 0.1) is 0 Å². The highest BCUT2D eigenvalue weighted by Crippen LogP contribution is 2.33. The summed E-state index contributed by atoms with van der Waals surface area (Å²) < 4.78 is 7.31. The Balaban J connectivity index is 1.94. The molecule has 28 heavy (non-hydrogen) atoms. The number of nitrogens with zero attached hydrogens (tertiary/aromatic N) is 4. The number of aromatic nitrogens is 3. The van der Waals surface area contributed by atoms with Gasteiger partial charge >= 0.3 is 6.03 Å². The Morgan fingerprint density at radius 3 is 2.82 bits per heavy atom. The van der Waals surface area contributed by atoms with E-state index in [1.54, 1.807) is 38.4 Å². The predicted octanol–water partition coefficient (Wildman–Crippen LogP) is 1.59. The molecular weight excluding hydrogens is 360 g/mol. The summed E-state index contributed by atoms with van der Waals surface area (Å²) in [6.45, 7) is 4.72. The number of benzene rings is 1. The van der Waals surface area contributed by atoms with E-state index < -0.39 is 6.04 Å². The molecule has 0 aliphatic carbocycles. The van der Waals surface area contributed by atoms with Crippen LogP contribution in [0.5, 0.6) is 5.75 Å². The molecule has 3 amide bonds. The van der Waals surface area contributed by atoms with E-state index in [0.29, 0.717) is 41.5 Å². The maximum Gasteiger partial charge on any atom is 0.319 e. The van der Waals surface area contributed by atoms with Crippen LogP contribution in [0.15, 0.2) is 41.9 Å². The highest BCUT2D eigenvalue weighted by atomic mass is 16.5. The zero-order chi connectivity index (χ0) is 20.3. The number of carbonyl (C=O) groups is 2. The van der Waals surface area contributed by atoms with Crippen LogP contribution >= 0.6 is 0 Å². The van der Waals surface area contributed by atoms with Gasteiger partial charge in [-0.25, -0.2) is 4.79 Å². The maximum absolute atomic E-state index is 13.3. The first-order chi connectivity index (χ1) is 13.5. The number of hydrogen-bond acceptors (Lipinski definition) is 5. The number of methoxy groups -OCH3 is 1. The second kappa shape index (κ2) is 8.12. The first-order valence-electron chi connectivity index (χ1n) is 8.99. The molecule has 0 fully saturated rings. The van der Waals surface area contributed by atoms with Crippen LogP contribution in [0.25, 0.3) is 0 Å². The van der Waals surface area contributed by atoms with E-state index in [1.807, 2.05) is 29.7 Å². The van der Waals surface area contributed by atoms with Gasteiger partial charge in [-0.3, -0.25) is 4.79 Å². The highest BCUT2D eigenvalue weighted by molar-refractivity contribution is 5.98. The lowest BCUT2D eigenvalue weighted by molar-refractivity contribution is -0.127. The average Bonchev–Trinajstić information content (AvgIpc) is 3.13. The van der Waals surface area contributed by atoms with Crippen LogP contribution in [0.4, 0.5) is 4.79 Å². The Bertz CT molecular complexity index is 920. The molecule has 1 aliphatic rings. The molecule has 2 N–H and O–H groups in total. The molecule has 0 saturated heterocycles. The maximum atomic E-state index is 13.3. The zero-order valence-electron chi connectivity index (χ0n) is 16.4. The van der Waals surface area contributed by atoms with Gasteiger partial charge in [0.05, 0.1) is 25.3 Å². The van der Waals surface area contributed by atoms with Crippen molar-refractivity contribution in [3.8, 4) is 5.75 Å². The molecule has 9 nitrogen and oxygen atoms in total. The number of likely N-dealkylation sites (N-methyl/N-ethyl adjacent to an activating group) is 1. The third kappa shape index (κ3) is 3.68. The Hall–Kier alpha value is -3.36. The quantitative estimate of drug-likeness (QED) is 0.788. The fraction of sp³-hybridized carbons (Fsp3) is 0.368.